The predicted molar refractivity (Wildman–Crippen MR) is 121 cm³/mol. The van der Waals surface area contributed by atoms with Crippen LogP contribution < -0.4 is 0 Å². The number of hydrogen-bond acceptors (Lipinski definition) is 5. The topological polar surface area (TPSA) is 62.1 Å². The number of piperidine rings is 1. The molecule has 29 heavy (non-hydrogen) atoms. The summed E-state index contributed by atoms with van der Waals surface area (Å²) in [5.41, 5.74) is 4.01. The average Bonchev–Trinajstić information content (AvgIpc) is 3.08. The second-order valence-corrected chi connectivity index (χ2v) is 8.50. The third kappa shape index (κ3) is 6.19. The van der Waals surface area contributed by atoms with Crippen molar-refractivity contribution in [3.05, 3.63) is 56.2 Å². The highest BCUT2D eigenvalue weighted by molar-refractivity contribution is 7.12. The zero-order chi connectivity index (χ0) is 20.1. The van der Waals surface area contributed by atoms with E-state index in [-0.39, 0.29) is 18.3 Å². The largest absolute Gasteiger partial charge is 0.481 e. The third-order valence-electron chi connectivity index (χ3n) is 5.03. The van der Waals surface area contributed by atoms with E-state index in [2.05, 4.69) is 23.0 Å². The summed E-state index contributed by atoms with van der Waals surface area (Å²) < 4.78 is 0. The van der Waals surface area contributed by atoms with Crippen molar-refractivity contribution in [3.8, 4) is 0 Å². The Morgan fingerprint density at radius 3 is 2.79 bits per heavy atom. The molecule has 158 valence electrons. The van der Waals surface area contributed by atoms with Crippen LogP contribution in [0.15, 0.2) is 34.8 Å². The van der Waals surface area contributed by atoms with Gasteiger partial charge in [-0.25, -0.2) is 0 Å². The standard InChI is InChI=1S/C21H25ClN2O3S.ClH/c1-14-7-11-28-20(14)19(18-6-5-17(22)12-15(18)2)23-27-10-9-24-8-3-4-16(13-24)21(25)26;/h5-7,11-12,16H,3-4,8-10,13H2,1-2H3,(H,25,26);1H/t16-;/m1./s1. The molecule has 0 radical (unpaired) electrons. The SMILES string of the molecule is Cc1cc(Cl)ccc1C(=NOCCN1CCC[C@@H](C(=O)O)C1)c1sccc1C.Cl. The number of aliphatic carboxylic acids is 1. The molecule has 0 aliphatic carbocycles. The van der Waals surface area contributed by atoms with Crippen LogP contribution in [0.3, 0.4) is 0 Å². The molecule has 0 bridgehead atoms. The van der Waals surface area contributed by atoms with Crippen molar-refractivity contribution in [3.63, 3.8) is 0 Å². The minimum absolute atomic E-state index is 0. The van der Waals surface area contributed by atoms with Crippen LogP contribution in [-0.4, -0.2) is 47.9 Å². The summed E-state index contributed by atoms with van der Waals surface area (Å²) in [7, 11) is 0. The fourth-order valence-electron chi connectivity index (χ4n) is 3.46. The highest BCUT2D eigenvalue weighted by Gasteiger charge is 2.25. The molecule has 0 unspecified atom stereocenters. The van der Waals surface area contributed by atoms with Crippen molar-refractivity contribution in [1.29, 1.82) is 0 Å². The van der Waals surface area contributed by atoms with Crippen LogP contribution in [0.25, 0.3) is 0 Å². The van der Waals surface area contributed by atoms with Gasteiger partial charge in [0.2, 0.25) is 0 Å². The molecule has 5 nitrogen and oxygen atoms in total. The van der Waals surface area contributed by atoms with Crippen molar-refractivity contribution in [2.75, 3.05) is 26.2 Å². The van der Waals surface area contributed by atoms with Gasteiger partial charge >= 0.3 is 5.97 Å². The number of hydrogen-bond donors (Lipinski definition) is 1. The number of thiophene rings is 1. The fourth-order valence-corrected chi connectivity index (χ4v) is 4.61. The van der Waals surface area contributed by atoms with Crippen LogP contribution in [0.4, 0.5) is 0 Å². The van der Waals surface area contributed by atoms with Gasteiger partial charge in [-0.1, -0.05) is 22.8 Å². The molecule has 8 heteroatoms. The van der Waals surface area contributed by atoms with Gasteiger partial charge in [0.15, 0.2) is 0 Å². The van der Waals surface area contributed by atoms with Gasteiger partial charge in [-0.3, -0.25) is 9.69 Å². The van der Waals surface area contributed by atoms with Crippen molar-refractivity contribution in [2.45, 2.75) is 26.7 Å². The van der Waals surface area contributed by atoms with E-state index in [9.17, 15) is 9.90 Å². The summed E-state index contributed by atoms with van der Waals surface area (Å²) >= 11 is 7.74. The van der Waals surface area contributed by atoms with E-state index in [1.54, 1.807) is 11.3 Å². The van der Waals surface area contributed by atoms with Crippen molar-refractivity contribution in [1.82, 2.24) is 4.90 Å². The van der Waals surface area contributed by atoms with E-state index >= 15 is 0 Å². The predicted octanol–water partition coefficient (Wildman–Crippen LogP) is 5.01. The summed E-state index contributed by atoms with van der Waals surface area (Å²) in [6.45, 7) is 6.65. The second-order valence-electron chi connectivity index (χ2n) is 7.14. The van der Waals surface area contributed by atoms with Gasteiger partial charge in [-0.2, -0.15) is 0 Å². The van der Waals surface area contributed by atoms with Gasteiger partial charge < -0.3 is 9.94 Å². The highest BCUT2D eigenvalue weighted by Crippen LogP contribution is 2.25. The highest BCUT2D eigenvalue weighted by atomic mass is 35.5. The molecule has 0 amide bonds. The lowest BCUT2D eigenvalue weighted by Crippen LogP contribution is -2.40. The number of oxime groups is 1. The Bertz CT molecular complexity index is 869. The van der Waals surface area contributed by atoms with Gasteiger partial charge in [0.1, 0.15) is 12.3 Å². The molecule has 0 saturated carbocycles. The first-order valence-corrected chi connectivity index (χ1v) is 10.7. The lowest BCUT2D eigenvalue weighted by molar-refractivity contribution is -0.143. The first kappa shape index (κ1) is 23.7. The van der Waals surface area contributed by atoms with Gasteiger partial charge in [-0.15, -0.1) is 23.7 Å². The van der Waals surface area contributed by atoms with Crippen LogP contribution in [0.5, 0.6) is 0 Å². The monoisotopic (exact) mass is 456 g/mol. The summed E-state index contributed by atoms with van der Waals surface area (Å²) in [5.74, 6) is -0.990. The summed E-state index contributed by atoms with van der Waals surface area (Å²) in [6.07, 6.45) is 1.66. The number of benzene rings is 1. The maximum atomic E-state index is 11.2. The molecule has 2 heterocycles. The van der Waals surface area contributed by atoms with Crippen LogP contribution >= 0.6 is 35.3 Å². The minimum atomic E-state index is -0.711. The number of halogens is 2. The van der Waals surface area contributed by atoms with Gasteiger partial charge in [0, 0.05) is 23.7 Å². The molecular weight excluding hydrogens is 431 g/mol. The molecule has 1 aliphatic heterocycles. The number of aryl methyl sites for hydroxylation is 2. The molecule has 1 N–H and O–H groups in total. The third-order valence-corrected chi connectivity index (χ3v) is 6.29. The maximum Gasteiger partial charge on any atom is 0.307 e. The molecular formula is C21H26Cl2N2O3S. The van der Waals surface area contributed by atoms with Crippen LogP contribution in [-0.2, 0) is 9.63 Å². The molecule has 1 aliphatic rings. The van der Waals surface area contributed by atoms with Gasteiger partial charge in [-0.05, 0) is 67.9 Å². The average molecular weight is 457 g/mol. The molecule has 0 spiro atoms. The van der Waals surface area contributed by atoms with E-state index in [4.69, 9.17) is 16.4 Å². The molecule has 1 aromatic heterocycles. The number of carboxylic acid groups (broad SMARTS) is 1. The quantitative estimate of drug-likeness (QED) is 0.361. The van der Waals surface area contributed by atoms with E-state index in [0.717, 1.165) is 46.7 Å². The summed E-state index contributed by atoms with van der Waals surface area (Å²) in [6, 6.07) is 7.83. The molecule has 1 fully saturated rings. The van der Waals surface area contributed by atoms with E-state index in [0.29, 0.717) is 24.7 Å². The number of carboxylic acids is 1. The lowest BCUT2D eigenvalue weighted by atomic mass is 9.98. The number of nitrogens with zero attached hydrogens (tertiary/aromatic N) is 2. The minimum Gasteiger partial charge on any atom is -0.481 e. The Kier molecular flexibility index (Phi) is 8.96. The smallest absolute Gasteiger partial charge is 0.307 e. The number of carbonyl (C=O) groups is 1. The summed E-state index contributed by atoms with van der Waals surface area (Å²) in [5, 5.41) is 16.4. The Morgan fingerprint density at radius 2 is 2.14 bits per heavy atom. The molecule has 1 atom stereocenters. The van der Waals surface area contributed by atoms with E-state index < -0.39 is 5.97 Å². The summed E-state index contributed by atoms with van der Waals surface area (Å²) in [4.78, 5) is 20.1. The molecule has 3 rings (SSSR count). The Balaban J connectivity index is 0.00000300. The van der Waals surface area contributed by atoms with Gasteiger partial charge in [0.25, 0.3) is 0 Å². The zero-order valence-electron chi connectivity index (χ0n) is 16.6. The number of rotatable bonds is 7. The Labute approximate surface area is 186 Å². The van der Waals surface area contributed by atoms with Crippen LogP contribution in [0.1, 0.15) is 34.4 Å². The second kappa shape index (κ2) is 11.0. The molecule has 1 saturated heterocycles. The Hall–Kier alpha value is -1.60. The zero-order valence-corrected chi connectivity index (χ0v) is 18.9. The van der Waals surface area contributed by atoms with Crippen molar-refractivity contribution >= 4 is 47.0 Å². The van der Waals surface area contributed by atoms with E-state index in [1.807, 2.05) is 30.5 Å². The maximum absolute atomic E-state index is 11.2. The van der Waals surface area contributed by atoms with Crippen molar-refractivity contribution in [2.24, 2.45) is 11.1 Å². The molecule has 1 aromatic carbocycles. The first-order valence-electron chi connectivity index (χ1n) is 9.42. The fraction of sp³-hybridized carbons (Fsp3) is 0.429. The van der Waals surface area contributed by atoms with Crippen LogP contribution in [0, 0.1) is 19.8 Å². The lowest BCUT2D eigenvalue weighted by Gasteiger charge is -2.29. The van der Waals surface area contributed by atoms with Crippen LogP contribution in [0.2, 0.25) is 5.02 Å². The van der Waals surface area contributed by atoms with E-state index in [1.165, 1.54) is 0 Å². The Morgan fingerprint density at radius 1 is 1.34 bits per heavy atom. The number of likely N-dealkylation sites (tertiary alicyclic amines) is 1. The van der Waals surface area contributed by atoms with Gasteiger partial charge in [0.05, 0.1) is 10.8 Å². The normalized spacial score (nSPS) is 17.6. The molecule has 2 aromatic rings. The first-order chi connectivity index (χ1) is 13.5. The van der Waals surface area contributed by atoms with Crippen molar-refractivity contribution < 1.29 is 14.7 Å².